The zero-order valence-electron chi connectivity index (χ0n) is 18.6. The number of methoxy groups -OCH3 is 2. The minimum Gasteiger partial charge on any atom is -0.493 e. The number of sulfonamides is 1. The van der Waals surface area contributed by atoms with Gasteiger partial charge in [0.05, 0.1) is 24.8 Å². The highest BCUT2D eigenvalue weighted by Crippen LogP contribution is 2.33. The summed E-state index contributed by atoms with van der Waals surface area (Å²) in [6.45, 7) is 1.45. The summed E-state index contributed by atoms with van der Waals surface area (Å²) < 4.78 is 38.6. The van der Waals surface area contributed by atoms with Gasteiger partial charge in [-0.15, -0.1) is 0 Å². The van der Waals surface area contributed by atoms with Gasteiger partial charge in [-0.25, -0.2) is 13.8 Å². The highest BCUT2D eigenvalue weighted by molar-refractivity contribution is 7.92. The van der Waals surface area contributed by atoms with E-state index in [2.05, 4.69) is 10.5 Å². The van der Waals surface area contributed by atoms with Crippen LogP contribution in [0, 0.1) is 6.92 Å². The van der Waals surface area contributed by atoms with Crippen molar-refractivity contribution in [3.8, 4) is 11.5 Å². The van der Waals surface area contributed by atoms with Gasteiger partial charge in [0.25, 0.3) is 15.9 Å². The van der Waals surface area contributed by atoms with Gasteiger partial charge in [0.2, 0.25) is 0 Å². The Morgan fingerprint density at radius 3 is 2.28 bits per heavy atom. The van der Waals surface area contributed by atoms with Crippen molar-refractivity contribution in [2.45, 2.75) is 43.9 Å². The van der Waals surface area contributed by atoms with Crippen molar-refractivity contribution in [1.82, 2.24) is 5.43 Å². The molecule has 1 aliphatic rings. The lowest BCUT2D eigenvalue weighted by molar-refractivity contribution is -0.119. The topological polar surface area (TPSA) is 97.3 Å². The van der Waals surface area contributed by atoms with Crippen LogP contribution < -0.4 is 19.2 Å². The van der Waals surface area contributed by atoms with Gasteiger partial charge in [-0.05, 0) is 56.9 Å². The van der Waals surface area contributed by atoms with Gasteiger partial charge in [0, 0.05) is 11.8 Å². The molecule has 0 aromatic heterocycles. The number of hydrogen-bond donors (Lipinski definition) is 1. The molecule has 1 fully saturated rings. The summed E-state index contributed by atoms with van der Waals surface area (Å²) in [5.74, 6) is 0.294. The number of aryl methyl sites for hydroxylation is 1. The van der Waals surface area contributed by atoms with Gasteiger partial charge < -0.3 is 9.47 Å². The molecule has 0 unspecified atom stereocenters. The number of amides is 1. The van der Waals surface area contributed by atoms with Crippen molar-refractivity contribution in [3.63, 3.8) is 0 Å². The fourth-order valence-electron chi connectivity index (χ4n) is 3.51. The Morgan fingerprint density at radius 2 is 1.66 bits per heavy atom. The number of ether oxygens (including phenoxy) is 2. The molecule has 0 atom stereocenters. The maximum absolute atomic E-state index is 13.5. The second-order valence-corrected chi connectivity index (χ2v) is 9.50. The Bertz CT molecular complexity index is 1070. The summed E-state index contributed by atoms with van der Waals surface area (Å²) in [6, 6.07) is 11.2. The molecular weight excluding hydrogens is 430 g/mol. The summed E-state index contributed by atoms with van der Waals surface area (Å²) in [7, 11) is -1.06. The number of rotatable bonds is 8. The summed E-state index contributed by atoms with van der Waals surface area (Å²) >= 11 is 0. The van der Waals surface area contributed by atoms with Crippen molar-refractivity contribution in [2.75, 3.05) is 25.1 Å². The lowest BCUT2D eigenvalue weighted by Crippen LogP contribution is -2.39. The van der Waals surface area contributed by atoms with Gasteiger partial charge in [0.1, 0.15) is 6.54 Å². The summed E-state index contributed by atoms with van der Waals surface area (Å²) in [5.41, 5.74) is 4.67. The smallest absolute Gasteiger partial charge is 0.264 e. The molecule has 172 valence electrons. The Morgan fingerprint density at radius 1 is 1.00 bits per heavy atom. The van der Waals surface area contributed by atoms with Crippen LogP contribution in [0.2, 0.25) is 0 Å². The quantitative estimate of drug-likeness (QED) is 0.608. The minimum absolute atomic E-state index is 0.0873. The molecule has 0 saturated heterocycles. The Labute approximate surface area is 189 Å². The van der Waals surface area contributed by atoms with Crippen LogP contribution in [0.1, 0.15) is 37.7 Å². The molecule has 1 aliphatic carbocycles. The zero-order chi connectivity index (χ0) is 23.1. The minimum atomic E-state index is -4.03. The molecule has 1 N–H and O–H groups in total. The predicted octanol–water partition coefficient (Wildman–Crippen LogP) is 3.64. The Kier molecular flexibility index (Phi) is 7.74. The van der Waals surface area contributed by atoms with E-state index in [1.165, 1.54) is 32.4 Å². The molecule has 0 heterocycles. The fraction of sp³-hybridized carbons (Fsp3) is 0.391. The number of nitrogens with zero attached hydrogens (tertiary/aromatic N) is 2. The average molecular weight is 460 g/mol. The van der Waals surface area contributed by atoms with E-state index in [1.54, 1.807) is 24.3 Å². The van der Waals surface area contributed by atoms with Crippen LogP contribution in [0.4, 0.5) is 5.69 Å². The van der Waals surface area contributed by atoms with Crippen molar-refractivity contribution < 1.29 is 22.7 Å². The van der Waals surface area contributed by atoms with Crippen LogP contribution in [0.5, 0.6) is 11.5 Å². The van der Waals surface area contributed by atoms with E-state index >= 15 is 0 Å². The highest BCUT2D eigenvalue weighted by Gasteiger charge is 2.28. The largest absolute Gasteiger partial charge is 0.493 e. The number of carbonyl (C=O) groups is 1. The molecule has 0 bridgehead atoms. The molecule has 2 aromatic carbocycles. The molecule has 8 nitrogen and oxygen atoms in total. The molecule has 0 spiro atoms. The number of hydrogen-bond acceptors (Lipinski definition) is 6. The summed E-state index contributed by atoms with van der Waals surface area (Å²) in [5, 5.41) is 4.21. The van der Waals surface area contributed by atoms with E-state index in [0.717, 1.165) is 47.7 Å². The lowest BCUT2D eigenvalue weighted by Gasteiger charge is -2.24. The maximum atomic E-state index is 13.5. The van der Waals surface area contributed by atoms with E-state index in [-0.39, 0.29) is 10.6 Å². The Hall–Kier alpha value is -3.07. The van der Waals surface area contributed by atoms with Crippen molar-refractivity contribution >= 4 is 27.3 Å². The number of carbonyl (C=O) groups excluding carboxylic acids is 1. The van der Waals surface area contributed by atoms with Gasteiger partial charge in [0.15, 0.2) is 11.5 Å². The first-order chi connectivity index (χ1) is 15.3. The van der Waals surface area contributed by atoms with Gasteiger partial charge in [-0.1, -0.05) is 24.1 Å². The number of benzene rings is 2. The van der Waals surface area contributed by atoms with Gasteiger partial charge in [-0.3, -0.25) is 9.10 Å². The lowest BCUT2D eigenvalue weighted by atomic mass is 9.99. The fourth-order valence-corrected chi connectivity index (χ4v) is 4.92. The molecule has 1 saturated carbocycles. The SMILES string of the molecule is COc1ccc(N(CC(=O)NN=C2CCCCC2)S(=O)(=O)c2ccc(C)cc2)cc1OC. The highest BCUT2D eigenvalue weighted by atomic mass is 32.2. The third-order valence-electron chi connectivity index (χ3n) is 5.32. The van der Waals surface area contributed by atoms with Crippen molar-refractivity contribution in [3.05, 3.63) is 48.0 Å². The Balaban J connectivity index is 1.93. The van der Waals surface area contributed by atoms with Gasteiger partial charge in [-0.2, -0.15) is 5.10 Å². The van der Waals surface area contributed by atoms with E-state index in [0.29, 0.717) is 11.5 Å². The van der Waals surface area contributed by atoms with Crippen molar-refractivity contribution in [2.24, 2.45) is 5.10 Å². The molecule has 9 heteroatoms. The van der Waals surface area contributed by atoms with E-state index < -0.39 is 22.5 Å². The number of nitrogens with one attached hydrogen (secondary N) is 1. The van der Waals surface area contributed by atoms with Crippen LogP contribution in [0.15, 0.2) is 52.5 Å². The molecule has 2 aromatic rings. The van der Waals surface area contributed by atoms with Gasteiger partial charge >= 0.3 is 0 Å². The van der Waals surface area contributed by atoms with Crippen molar-refractivity contribution in [1.29, 1.82) is 0 Å². The first kappa shape index (κ1) is 23.6. The van der Waals surface area contributed by atoms with E-state index in [1.807, 2.05) is 6.92 Å². The first-order valence-corrected chi connectivity index (χ1v) is 11.9. The summed E-state index contributed by atoms with van der Waals surface area (Å²) in [6.07, 6.45) is 4.96. The second kappa shape index (κ2) is 10.5. The monoisotopic (exact) mass is 459 g/mol. The van der Waals surface area contributed by atoms with Crippen LogP contribution in [0.3, 0.4) is 0 Å². The van der Waals surface area contributed by atoms with Crippen LogP contribution >= 0.6 is 0 Å². The first-order valence-electron chi connectivity index (χ1n) is 10.5. The third kappa shape index (κ3) is 5.59. The molecule has 0 radical (unpaired) electrons. The number of hydrazone groups is 1. The standard InChI is InChI=1S/C23H29N3O5S/c1-17-9-12-20(13-10-17)32(28,29)26(19-11-14-21(30-2)22(15-19)31-3)16-23(27)25-24-18-7-5-4-6-8-18/h9-15H,4-8,16H2,1-3H3,(H,25,27). The third-order valence-corrected chi connectivity index (χ3v) is 7.11. The predicted molar refractivity (Wildman–Crippen MR) is 124 cm³/mol. The van der Waals surface area contributed by atoms with Crippen LogP contribution in [0.25, 0.3) is 0 Å². The average Bonchev–Trinajstić information content (AvgIpc) is 2.81. The van der Waals surface area contributed by atoms with Crippen LogP contribution in [-0.2, 0) is 14.8 Å². The molecule has 1 amide bonds. The second-order valence-electron chi connectivity index (χ2n) is 7.64. The van der Waals surface area contributed by atoms with E-state index in [9.17, 15) is 13.2 Å². The molecule has 32 heavy (non-hydrogen) atoms. The summed E-state index contributed by atoms with van der Waals surface area (Å²) in [4.78, 5) is 12.8. The van der Waals surface area contributed by atoms with Crippen LogP contribution in [-0.4, -0.2) is 40.8 Å². The van der Waals surface area contributed by atoms with E-state index in [4.69, 9.17) is 9.47 Å². The molecule has 3 rings (SSSR count). The zero-order valence-corrected chi connectivity index (χ0v) is 19.4. The number of anilines is 1. The molecular formula is C23H29N3O5S. The normalized spacial score (nSPS) is 13.9. The maximum Gasteiger partial charge on any atom is 0.264 e. The molecule has 0 aliphatic heterocycles.